The molecule has 0 aliphatic rings. The number of aromatic nitrogens is 5. The molecule has 1 N–H and O–H groups in total. The molecule has 29 heavy (non-hydrogen) atoms. The molecule has 0 spiro atoms. The minimum Gasteiger partial charge on any atom is -0.361 e. The normalized spacial score (nSPS) is 12.2. The van der Waals surface area contributed by atoms with Crippen LogP contribution in [0.2, 0.25) is 0 Å². The van der Waals surface area contributed by atoms with Crippen molar-refractivity contribution >= 4 is 20.9 Å². The molecule has 0 aliphatic carbocycles. The number of fused-ring (bicyclic) bond motifs is 1. The van der Waals surface area contributed by atoms with E-state index in [2.05, 4.69) is 15.2 Å². The molecular formula is C20H24N6O2S. The second-order valence-electron chi connectivity index (χ2n) is 6.96. The van der Waals surface area contributed by atoms with Crippen molar-refractivity contribution in [3.8, 4) is 0 Å². The van der Waals surface area contributed by atoms with Crippen LogP contribution in [0.15, 0.2) is 60.0 Å². The van der Waals surface area contributed by atoms with E-state index in [0.29, 0.717) is 13.0 Å². The van der Waals surface area contributed by atoms with Gasteiger partial charge in [-0.1, -0.05) is 18.2 Å². The molecule has 0 unspecified atom stereocenters. The maximum atomic E-state index is 13.3. The Morgan fingerprint density at radius 3 is 2.76 bits per heavy atom. The number of nitrogens with one attached hydrogen (secondary N) is 1. The number of hydrogen-bond acceptors (Lipinski definition) is 4. The number of hydrogen-bond donors (Lipinski definition) is 1. The first-order valence-corrected chi connectivity index (χ1v) is 11.0. The second kappa shape index (κ2) is 7.84. The highest BCUT2D eigenvalue weighted by Gasteiger charge is 2.27. The van der Waals surface area contributed by atoms with Gasteiger partial charge in [-0.05, 0) is 31.0 Å². The van der Waals surface area contributed by atoms with Gasteiger partial charge in [0.2, 0.25) is 10.0 Å². The average Bonchev–Trinajstić information content (AvgIpc) is 3.44. The zero-order chi connectivity index (χ0) is 20.4. The van der Waals surface area contributed by atoms with Gasteiger partial charge in [0.05, 0.1) is 18.4 Å². The molecule has 0 amide bonds. The first-order chi connectivity index (χ1) is 14.0. The van der Waals surface area contributed by atoms with Crippen LogP contribution in [-0.2, 0) is 36.6 Å². The van der Waals surface area contributed by atoms with Crippen molar-refractivity contribution in [1.82, 2.24) is 28.9 Å². The van der Waals surface area contributed by atoms with Crippen LogP contribution in [0.3, 0.4) is 0 Å². The van der Waals surface area contributed by atoms with E-state index in [1.54, 1.807) is 11.7 Å². The van der Waals surface area contributed by atoms with Crippen molar-refractivity contribution in [2.24, 2.45) is 7.05 Å². The van der Waals surface area contributed by atoms with E-state index in [4.69, 9.17) is 0 Å². The lowest BCUT2D eigenvalue weighted by Gasteiger charge is -2.20. The van der Waals surface area contributed by atoms with Gasteiger partial charge >= 0.3 is 0 Å². The van der Waals surface area contributed by atoms with Crippen molar-refractivity contribution in [2.45, 2.75) is 31.3 Å². The molecule has 1 aromatic carbocycles. The number of aromatic amines is 1. The summed E-state index contributed by atoms with van der Waals surface area (Å²) in [6.45, 7) is 3.30. The van der Waals surface area contributed by atoms with E-state index in [0.717, 1.165) is 28.7 Å². The summed E-state index contributed by atoms with van der Waals surface area (Å²) in [7, 11) is -1.99. The lowest BCUT2D eigenvalue weighted by atomic mass is 10.1. The fourth-order valence-electron chi connectivity index (χ4n) is 3.39. The van der Waals surface area contributed by atoms with Crippen LogP contribution < -0.4 is 0 Å². The Morgan fingerprint density at radius 1 is 1.21 bits per heavy atom. The maximum absolute atomic E-state index is 13.3. The van der Waals surface area contributed by atoms with Crippen molar-refractivity contribution in [3.63, 3.8) is 0 Å². The summed E-state index contributed by atoms with van der Waals surface area (Å²) in [5.74, 6) is 0. The standard InChI is InChI=1S/C20H24N6O2S/c1-3-25-10-9-17(23-25)14-26(29(27,28)18-13-22-24(2)15-18)11-8-16-12-21-20-7-5-4-6-19(16)20/h4-7,9-10,12-13,15,21H,3,8,11,14H2,1-2H3. The van der Waals surface area contributed by atoms with Gasteiger partial charge in [-0.2, -0.15) is 14.5 Å². The second-order valence-corrected chi connectivity index (χ2v) is 8.90. The summed E-state index contributed by atoms with van der Waals surface area (Å²) in [6, 6.07) is 9.89. The highest BCUT2D eigenvalue weighted by molar-refractivity contribution is 7.89. The van der Waals surface area contributed by atoms with Crippen LogP contribution in [0.1, 0.15) is 18.2 Å². The Kier molecular flexibility index (Phi) is 5.25. The summed E-state index contributed by atoms with van der Waals surface area (Å²) in [5.41, 5.74) is 2.86. The van der Waals surface area contributed by atoms with E-state index in [-0.39, 0.29) is 11.4 Å². The molecule has 0 saturated carbocycles. The van der Waals surface area contributed by atoms with Gasteiger partial charge in [-0.3, -0.25) is 9.36 Å². The number of aryl methyl sites for hydroxylation is 2. The molecule has 152 valence electrons. The van der Waals surface area contributed by atoms with Crippen molar-refractivity contribution in [1.29, 1.82) is 0 Å². The molecule has 9 heteroatoms. The number of para-hydroxylation sites is 1. The number of H-pyrrole nitrogens is 1. The minimum absolute atomic E-state index is 0.189. The topological polar surface area (TPSA) is 88.8 Å². The van der Waals surface area contributed by atoms with Crippen LogP contribution in [0, 0.1) is 0 Å². The van der Waals surface area contributed by atoms with Crippen molar-refractivity contribution in [2.75, 3.05) is 6.54 Å². The third-order valence-corrected chi connectivity index (χ3v) is 6.78. The number of rotatable bonds is 8. The fraction of sp³-hybridized carbons (Fsp3) is 0.300. The smallest absolute Gasteiger partial charge is 0.246 e. The van der Waals surface area contributed by atoms with E-state index in [1.165, 1.54) is 21.4 Å². The average molecular weight is 413 g/mol. The van der Waals surface area contributed by atoms with Crippen LogP contribution in [0.25, 0.3) is 10.9 Å². The van der Waals surface area contributed by atoms with Gasteiger partial charge in [0.15, 0.2) is 0 Å². The molecule has 0 fully saturated rings. The predicted octanol–water partition coefficient (Wildman–Crippen LogP) is 2.55. The van der Waals surface area contributed by atoms with E-state index in [9.17, 15) is 8.42 Å². The van der Waals surface area contributed by atoms with Crippen molar-refractivity contribution < 1.29 is 8.42 Å². The summed E-state index contributed by atoms with van der Waals surface area (Å²) >= 11 is 0. The molecule has 0 bridgehead atoms. The molecule has 4 rings (SSSR count). The molecule has 0 saturated heterocycles. The lowest BCUT2D eigenvalue weighted by Crippen LogP contribution is -2.32. The summed E-state index contributed by atoms with van der Waals surface area (Å²) in [5, 5.41) is 9.60. The molecule has 0 aliphatic heterocycles. The van der Waals surface area contributed by atoms with Gasteiger partial charge in [0.25, 0.3) is 0 Å². The van der Waals surface area contributed by atoms with Crippen LogP contribution >= 0.6 is 0 Å². The van der Waals surface area contributed by atoms with Gasteiger partial charge < -0.3 is 4.98 Å². The Labute approximate surface area is 169 Å². The highest BCUT2D eigenvalue weighted by Crippen LogP contribution is 2.21. The summed E-state index contributed by atoms with van der Waals surface area (Å²) < 4.78 is 31.3. The van der Waals surface area contributed by atoms with Gasteiger partial charge in [-0.25, -0.2) is 8.42 Å². The Morgan fingerprint density at radius 2 is 2.03 bits per heavy atom. The molecule has 4 aromatic rings. The fourth-order valence-corrected chi connectivity index (χ4v) is 4.79. The van der Waals surface area contributed by atoms with Gasteiger partial charge in [-0.15, -0.1) is 0 Å². The van der Waals surface area contributed by atoms with E-state index < -0.39 is 10.0 Å². The SMILES string of the molecule is CCn1ccc(CN(CCc2c[nH]c3ccccc23)S(=O)(=O)c2cnn(C)c2)n1. The molecule has 3 heterocycles. The van der Waals surface area contributed by atoms with Crippen LogP contribution in [-0.4, -0.2) is 43.8 Å². The molecule has 8 nitrogen and oxygen atoms in total. The number of benzene rings is 1. The molecule has 3 aromatic heterocycles. The van der Waals surface area contributed by atoms with E-state index in [1.807, 2.05) is 49.6 Å². The number of sulfonamides is 1. The van der Waals surface area contributed by atoms with Crippen LogP contribution in [0.5, 0.6) is 0 Å². The quantitative estimate of drug-likeness (QED) is 0.482. The first kappa shape index (κ1) is 19.4. The molecule has 0 radical (unpaired) electrons. The predicted molar refractivity (Wildman–Crippen MR) is 111 cm³/mol. The summed E-state index contributed by atoms with van der Waals surface area (Å²) in [6.07, 6.45) is 7.32. The Hall–Kier alpha value is -2.91. The Balaban J connectivity index is 1.62. The minimum atomic E-state index is -3.69. The van der Waals surface area contributed by atoms with Crippen molar-refractivity contribution in [3.05, 3.63) is 66.4 Å². The van der Waals surface area contributed by atoms with Gasteiger partial charge in [0.1, 0.15) is 4.90 Å². The highest BCUT2D eigenvalue weighted by atomic mass is 32.2. The van der Waals surface area contributed by atoms with Crippen LogP contribution in [0.4, 0.5) is 0 Å². The third-order valence-electron chi connectivity index (χ3n) is 4.98. The molecule has 0 atom stereocenters. The number of nitrogens with zero attached hydrogens (tertiary/aromatic N) is 5. The maximum Gasteiger partial charge on any atom is 0.246 e. The zero-order valence-corrected chi connectivity index (χ0v) is 17.3. The third kappa shape index (κ3) is 3.96. The Bertz CT molecular complexity index is 1220. The summed E-state index contributed by atoms with van der Waals surface area (Å²) in [4.78, 5) is 3.44. The molecular weight excluding hydrogens is 388 g/mol. The first-order valence-electron chi connectivity index (χ1n) is 9.53. The monoisotopic (exact) mass is 412 g/mol. The lowest BCUT2D eigenvalue weighted by molar-refractivity contribution is 0.403. The van der Waals surface area contributed by atoms with E-state index >= 15 is 0 Å². The zero-order valence-electron chi connectivity index (χ0n) is 16.5. The largest absolute Gasteiger partial charge is 0.361 e. The van der Waals surface area contributed by atoms with Gasteiger partial charge in [0, 0.05) is 49.6 Å².